The van der Waals surface area contributed by atoms with Crippen molar-refractivity contribution in [2.24, 2.45) is 0 Å². The molecule has 0 aliphatic carbocycles. The van der Waals surface area contributed by atoms with E-state index in [2.05, 4.69) is 11.6 Å². The maximum Gasteiger partial charge on any atom is 0.129 e. The molecule has 0 radical (unpaired) electrons. The Morgan fingerprint density at radius 2 is 2.33 bits per heavy atom. The predicted octanol–water partition coefficient (Wildman–Crippen LogP) is 2.38. The highest BCUT2D eigenvalue weighted by Crippen LogP contribution is 2.04. The molecular formula is C7H6ClN. The predicted molar refractivity (Wildman–Crippen MR) is 39.3 cm³/mol. The number of hydrogen-bond acceptors (Lipinski definition) is 1. The van der Waals surface area contributed by atoms with Gasteiger partial charge >= 0.3 is 0 Å². The van der Waals surface area contributed by atoms with E-state index in [1.54, 1.807) is 12.1 Å². The first-order valence-electron chi connectivity index (χ1n) is 2.58. The average Bonchev–Trinajstić information content (AvgIpc) is 1.88. The third-order valence-corrected chi connectivity index (χ3v) is 1.16. The zero-order valence-corrected chi connectivity index (χ0v) is 5.60. The lowest BCUT2D eigenvalue weighted by Gasteiger charge is -1.89. The Morgan fingerprint density at radius 3 is 2.78 bits per heavy atom. The highest BCUT2D eigenvalue weighted by molar-refractivity contribution is 6.29. The van der Waals surface area contributed by atoms with Crippen molar-refractivity contribution in [1.29, 1.82) is 0 Å². The molecule has 1 aromatic heterocycles. The summed E-state index contributed by atoms with van der Waals surface area (Å²) in [6, 6.07) is 5.42. The zero-order valence-electron chi connectivity index (χ0n) is 4.84. The molecule has 1 nitrogen and oxygen atoms in total. The Labute approximate surface area is 59.0 Å². The van der Waals surface area contributed by atoms with Gasteiger partial charge in [0.05, 0.1) is 5.69 Å². The maximum atomic E-state index is 5.56. The van der Waals surface area contributed by atoms with Crippen LogP contribution in [0.15, 0.2) is 24.8 Å². The second-order valence-electron chi connectivity index (χ2n) is 1.59. The van der Waals surface area contributed by atoms with Gasteiger partial charge in [-0.2, -0.15) is 0 Å². The van der Waals surface area contributed by atoms with Crippen molar-refractivity contribution in [2.45, 2.75) is 0 Å². The van der Waals surface area contributed by atoms with Crippen LogP contribution in [-0.2, 0) is 0 Å². The Morgan fingerprint density at radius 1 is 1.56 bits per heavy atom. The minimum Gasteiger partial charge on any atom is -0.237 e. The van der Waals surface area contributed by atoms with Crippen LogP contribution in [-0.4, -0.2) is 4.98 Å². The molecule has 0 fully saturated rings. The van der Waals surface area contributed by atoms with E-state index in [4.69, 9.17) is 11.6 Å². The number of hydrogen-bond donors (Lipinski definition) is 0. The molecule has 0 atom stereocenters. The van der Waals surface area contributed by atoms with E-state index in [0.29, 0.717) is 5.15 Å². The molecule has 1 heterocycles. The standard InChI is InChI=1S/C7H6ClN/c1-2-6-4-3-5-7(8)9-6/h2-5H,1H2. The van der Waals surface area contributed by atoms with Gasteiger partial charge in [-0.1, -0.05) is 24.2 Å². The van der Waals surface area contributed by atoms with Gasteiger partial charge in [-0.25, -0.2) is 4.98 Å². The Kier molecular flexibility index (Phi) is 1.85. The molecule has 0 aromatic carbocycles. The van der Waals surface area contributed by atoms with Gasteiger partial charge in [0.15, 0.2) is 0 Å². The summed E-state index contributed by atoms with van der Waals surface area (Å²) in [5.41, 5.74) is 0.808. The van der Waals surface area contributed by atoms with E-state index in [1.165, 1.54) is 0 Å². The second kappa shape index (κ2) is 2.65. The topological polar surface area (TPSA) is 12.9 Å². The van der Waals surface area contributed by atoms with Crippen LogP contribution >= 0.6 is 11.6 Å². The van der Waals surface area contributed by atoms with Crippen molar-refractivity contribution in [3.63, 3.8) is 0 Å². The second-order valence-corrected chi connectivity index (χ2v) is 1.98. The molecule has 0 N–H and O–H groups in total. The van der Waals surface area contributed by atoms with E-state index in [9.17, 15) is 0 Å². The van der Waals surface area contributed by atoms with Crippen molar-refractivity contribution in [2.75, 3.05) is 0 Å². The number of pyridine rings is 1. The Balaban J connectivity index is 3.07. The Hall–Kier alpha value is -0.820. The molecule has 0 aliphatic rings. The lowest BCUT2D eigenvalue weighted by molar-refractivity contribution is 1.30. The van der Waals surface area contributed by atoms with Gasteiger partial charge in [-0.15, -0.1) is 0 Å². The van der Waals surface area contributed by atoms with Crippen LogP contribution in [0, 0.1) is 0 Å². The lowest BCUT2D eigenvalue weighted by Crippen LogP contribution is -1.77. The molecule has 0 bridgehead atoms. The van der Waals surface area contributed by atoms with Crippen molar-refractivity contribution in [1.82, 2.24) is 4.98 Å². The van der Waals surface area contributed by atoms with Gasteiger partial charge in [0, 0.05) is 0 Å². The van der Waals surface area contributed by atoms with E-state index in [1.807, 2.05) is 12.1 Å². The smallest absolute Gasteiger partial charge is 0.129 e. The minimum absolute atomic E-state index is 0.507. The van der Waals surface area contributed by atoms with Crippen LogP contribution in [0.3, 0.4) is 0 Å². The van der Waals surface area contributed by atoms with Crippen LogP contribution in [0.4, 0.5) is 0 Å². The summed E-state index contributed by atoms with van der Waals surface area (Å²) < 4.78 is 0. The fraction of sp³-hybridized carbons (Fsp3) is 0. The number of aromatic nitrogens is 1. The Bertz CT molecular complexity index is 220. The number of nitrogens with zero attached hydrogens (tertiary/aromatic N) is 1. The molecule has 1 aromatic rings. The summed E-state index contributed by atoms with van der Waals surface area (Å²) in [6.45, 7) is 3.55. The first kappa shape index (κ1) is 6.30. The molecule has 0 unspecified atom stereocenters. The quantitative estimate of drug-likeness (QED) is 0.545. The SMILES string of the molecule is C=Cc1cccc(Cl)n1. The van der Waals surface area contributed by atoms with E-state index in [0.717, 1.165) is 5.69 Å². The number of rotatable bonds is 1. The molecular weight excluding hydrogens is 134 g/mol. The highest BCUT2D eigenvalue weighted by Gasteiger charge is 1.86. The molecule has 0 amide bonds. The van der Waals surface area contributed by atoms with Gasteiger partial charge in [0.25, 0.3) is 0 Å². The molecule has 1 rings (SSSR count). The summed E-state index contributed by atoms with van der Waals surface area (Å²) in [6.07, 6.45) is 1.66. The number of halogens is 1. The van der Waals surface area contributed by atoms with Gasteiger partial charge in [-0.05, 0) is 18.2 Å². The molecule has 0 spiro atoms. The van der Waals surface area contributed by atoms with Gasteiger partial charge in [-0.3, -0.25) is 0 Å². The van der Waals surface area contributed by atoms with Crippen LogP contribution in [0.2, 0.25) is 5.15 Å². The first-order valence-corrected chi connectivity index (χ1v) is 2.96. The summed E-state index contributed by atoms with van der Waals surface area (Å²) in [5, 5.41) is 0.507. The normalized spacial score (nSPS) is 9.00. The fourth-order valence-corrected chi connectivity index (χ4v) is 0.708. The molecule has 9 heavy (non-hydrogen) atoms. The largest absolute Gasteiger partial charge is 0.237 e. The third-order valence-electron chi connectivity index (χ3n) is 0.946. The highest BCUT2D eigenvalue weighted by atomic mass is 35.5. The summed E-state index contributed by atoms with van der Waals surface area (Å²) in [5.74, 6) is 0. The van der Waals surface area contributed by atoms with Crippen molar-refractivity contribution >= 4 is 17.7 Å². The average molecular weight is 140 g/mol. The van der Waals surface area contributed by atoms with Crippen molar-refractivity contribution in [3.8, 4) is 0 Å². The van der Waals surface area contributed by atoms with Crippen molar-refractivity contribution in [3.05, 3.63) is 35.6 Å². The summed E-state index contributed by atoms with van der Waals surface area (Å²) in [4.78, 5) is 3.94. The monoisotopic (exact) mass is 139 g/mol. The van der Waals surface area contributed by atoms with Crippen LogP contribution in [0.25, 0.3) is 6.08 Å². The first-order chi connectivity index (χ1) is 4.33. The van der Waals surface area contributed by atoms with Crippen molar-refractivity contribution < 1.29 is 0 Å². The maximum absolute atomic E-state index is 5.56. The molecule has 46 valence electrons. The summed E-state index contributed by atoms with van der Waals surface area (Å²) >= 11 is 5.56. The molecule has 0 saturated heterocycles. The summed E-state index contributed by atoms with van der Waals surface area (Å²) in [7, 11) is 0. The van der Waals surface area contributed by atoms with E-state index < -0.39 is 0 Å². The van der Waals surface area contributed by atoms with Gasteiger partial charge in [0.1, 0.15) is 5.15 Å². The van der Waals surface area contributed by atoms with Crippen LogP contribution in [0.1, 0.15) is 5.69 Å². The van der Waals surface area contributed by atoms with Crippen LogP contribution in [0.5, 0.6) is 0 Å². The molecule has 0 saturated carbocycles. The van der Waals surface area contributed by atoms with Gasteiger partial charge < -0.3 is 0 Å². The molecule has 0 aliphatic heterocycles. The lowest BCUT2D eigenvalue weighted by atomic mass is 10.3. The fourth-order valence-electron chi connectivity index (χ4n) is 0.538. The zero-order chi connectivity index (χ0) is 6.69. The molecule has 2 heteroatoms. The minimum atomic E-state index is 0.507. The van der Waals surface area contributed by atoms with Crippen LogP contribution < -0.4 is 0 Å². The van der Waals surface area contributed by atoms with E-state index in [-0.39, 0.29) is 0 Å². The van der Waals surface area contributed by atoms with Gasteiger partial charge in [0.2, 0.25) is 0 Å². The van der Waals surface area contributed by atoms with E-state index >= 15 is 0 Å². The third kappa shape index (κ3) is 1.54.